The summed E-state index contributed by atoms with van der Waals surface area (Å²) in [6.07, 6.45) is -0.0281. The number of nitrogens with one attached hydrogen (secondary N) is 1. The number of hydrogen-bond acceptors (Lipinski definition) is 3. The Bertz CT molecular complexity index is 180. The summed E-state index contributed by atoms with van der Waals surface area (Å²) in [4.78, 5) is 21.5. The van der Waals surface area contributed by atoms with E-state index in [9.17, 15) is 9.59 Å². The van der Waals surface area contributed by atoms with Gasteiger partial charge in [0.25, 0.3) is 0 Å². The standard InChI is InChI=1S/C9H17NO3/c1-7(6-13-3)5-10-9(12)4-8(2)11/h7H,4-6H2,1-3H3,(H,10,12). The van der Waals surface area contributed by atoms with Crippen LogP contribution in [0.1, 0.15) is 20.3 Å². The normalized spacial score (nSPS) is 12.2. The van der Waals surface area contributed by atoms with Crippen molar-refractivity contribution in [1.29, 1.82) is 0 Å². The van der Waals surface area contributed by atoms with E-state index < -0.39 is 0 Å². The number of hydrogen-bond donors (Lipinski definition) is 1. The molecule has 0 heterocycles. The molecule has 1 atom stereocenters. The summed E-state index contributed by atoms with van der Waals surface area (Å²) in [6, 6.07) is 0. The van der Waals surface area contributed by atoms with Crippen LogP contribution in [0.25, 0.3) is 0 Å². The quantitative estimate of drug-likeness (QED) is 0.611. The van der Waals surface area contributed by atoms with Gasteiger partial charge in [0.1, 0.15) is 5.78 Å². The Morgan fingerprint density at radius 1 is 1.46 bits per heavy atom. The molecule has 1 amide bonds. The number of carbonyl (C=O) groups is 2. The average Bonchev–Trinajstić information content (AvgIpc) is 2.00. The molecule has 0 spiro atoms. The van der Waals surface area contributed by atoms with E-state index in [0.717, 1.165) is 0 Å². The second-order valence-corrected chi connectivity index (χ2v) is 3.24. The van der Waals surface area contributed by atoms with E-state index in [1.807, 2.05) is 6.92 Å². The molecule has 4 nitrogen and oxygen atoms in total. The molecule has 0 aliphatic carbocycles. The molecule has 1 unspecified atom stereocenters. The van der Waals surface area contributed by atoms with E-state index in [-0.39, 0.29) is 24.0 Å². The van der Waals surface area contributed by atoms with Crippen molar-refractivity contribution in [3.63, 3.8) is 0 Å². The van der Waals surface area contributed by atoms with Gasteiger partial charge in [0, 0.05) is 13.7 Å². The van der Waals surface area contributed by atoms with Gasteiger partial charge in [-0.25, -0.2) is 0 Å². The van der Waals surface area contributed by atoms with Gasteiger partial charge in [-0.1, -0.05) is 6.92 Å². The fourth-order valence-corrected chi connectivity index (χ4v) is 0.920. The topological polar surface area (TPSA) is 55.4 Å². The van der Waals surface area contributed by atoms with Crippen LogP contribution in [0, 0.1) is 5.92 Å². The van der Waals surface area contributed by atoms with E-state index in [0.29, 0.717) is 13.2 Å². The minimum Gasteiger partial charge on any atom is -0.384 e. The predicted molar refractivity (Wildman–Crippen MR) is 49.3 cm³/mol. The maximum Gasteiger partial charge on any atom is 0.227 e. The molecule has 76 valence electrons. The Hall–Kier alpha value is -0.900. The van der Waals surface area contributed by atoms with Crippen LogP contribution in [0.3, 0.4) is 0 Å². The van der Waals surface area contributed by atoms with Gasteiger partial charge in [-0.05, 0) is 12.8 Å². The van der Waals surface area contributed by atoms with Crippen LogP contribution >= 0.6 is 0 Å². The molecule has 1 N–H and O–H groups in total. The van der Waals surface area contributed by atoms with Crippen molar-refractivity contribution >= 4 is 11.7 Å². The molecule has 0 saturated carbocycles. The van der Waals surface area contributed by atoms with Crippen LogP contribution in [0.15, 0.2) is 0 Å². The van der Waals surface area contributed by atoms with E-state index in [2.05, 4.69) is 5.32 Å². The van der Waals surface area contributed by atoms with Gasteiger partial charge < -0.3 is 10.1 Å². The first-order chi connectivity index (χ1) is 6.06. The summed E-state index contributed by atoms with van der Waals surface area (Å²) in [7, 11) is 1.62. The maximum atomic E-state index is 11.0. The highest BCUT2D eigenvalue weighted by atomic mass is 16.5. The third kappa shape index (κ3) is 7.46. The lowest BCUT2D eigenvalue weighted by Gasteiger charge is -2.10. The Morgan fingerprint density at radius 2 is 2.08 bits per heavy atom. The minimum absolute atomic E-state index is 0.0281. The highest BCUT2D eigenvalue weighted by Gasteiger charge is 2.06. The number of Topliss-reactive ketones (excluding diaryl/α,β-unsaturated/α-hetero) is 1. The van der Waals surface area contributed by atoms with Crippen LogP contribution in [0.5, 0.6) is 0 Å². The summed E-state index contributed by atoms with van der Waals surface area (Å²) in [6.45, 7) is 4.54. The van der Waals surface area contributed by atoms with Crippen LogP contribution < -0.4 is 5.32 Å². The number of rotatable bonds is 6. The Kier molecular flexibility index (Phi) is 6.14. The summed E-state index contributed by atoms with van der Waals surface area (Å²) in [5.74, 6) is -0.0479. The van der Waals surface area contributed by atoms with Gasteiger partial charge in [0.15, 0.2) is 0 Å². The predicted octanol–water partition coefficient (Wildman–Crippen LogP) is 0.364. The molecular formula is C9H17NO3. The van der Waals surface area contributed by atoms with Gasteiger partial charge >= 0.3 is 0 Å². The highest BCUT2D eigenvalue weighted by molar-refractivity contribution is 5.96. The van der Waals surface area contributed by atoms with Gasteiger partial charge in [0.2, 0.25) is 5.91 Å². The van der Waals surface area contributed by atoms with Crippen LogP contribution in [-0.2, 0) is 14.3 Å². The van der Waals surface area contributed by atoms with Gasteiger partial charge in [-0.2, -0.15) is 0 Å². The zero-order valence-corrected chi connectivity index (χ0v) is 8.42. The summed E-state index contributed by atoms with van der Waals surface area (Å²) >= 11 is 0. The molecule has 4 heteroatoms. The zero-order valence-electron chi connectivity index (χ0n) is 8.42. The molecule has 0 aromatic heterocycles. The lowest BCUT2D eigenvalue weighted by atomic mass is 10.2. The first kappa shape index (κ1) is 12.1. The minimum atomic E-state index is -0.213. The molecular weight excluding hydrogens is 170 g/mol. The molecule has 0 rings (SSSR count). The smallest absolute Gasteiger partial charge is 0.227 e. The summed E-state index contributed by atoms with van der Waals surface area (Å²) in [5.41, 5.74) is 0. The molecule has 13 heavy (non-hydrogen) atoms. The second-order valence-electron chi connectivity index (χ2n) is 3.24. The van der Waals surface area contributed by atoms with E-state index in [1.54, 1.807) is 7.11 Å². The van der Waals surface area contributed by atoms with E-state index in [4.69, 9.17) is 4.74 Å². The van der Waals surface area contributed by atoms with Crippen molar-refractivity contribution in [2.75, 3.05) is 20.3 Å². The molecule has 0 aromatic carbocycles. The van der Waals surface area contributed by atoms with Crippen LogP contribution in [0.4, 0.5) is 0 Å². The molecule has 0 fully saturated rings. The molecule has 0 aliphatic heterocycles. The van der Waals surface area contributed by atoms with Crippen molar-refractivity contribution in [1.82, 2.24) is 5.32 Å². The lowest BCUT2D eigenvalue weighted by Crippen LogP contribution is -2.30. The lowest BCUT2D eigenvalue weighted by molar-refractivity contribution is -0.127. The van der Waals surface area contributed by atoms with Crippen LogP contribution in [-0.4, -0.2) is 32.0 Å². The van der Waals surface area contributed by atoms with Gasteiger partial charge in [-0.3, -0.25) is 9.59 Å². The van der Waals surface area contributed by atoms with Crippen molar-refractivity contribution in [2.24, 2.45) is 5.92 Å². The van der Waals surface area contributed by atoms with Crippen molar-refractivity contribution in [3.8, 4) is 0 Å². The largest absolute Gasteiger partial charge is 0.384 e. The Morgan fingerprint density at radius 3 is 2.54 bits per heavy atom. The monoisotopic (exact) mass is 187 g/mol. The first-order valence-corrected chi connectivity index (χ1v) is 4.31. The highest BCUT2D eigenvalue weighted by Crippen LogP contribution is 1.92. The Balaban J connectivity index is 3.51. The molecule has 0 radical (unpaired) electrons. The zero-order chi connectivity index (χ0) is 10.3. The molecule has 0 saturated heterocycles. The number of ether oxygens (including phenoxy) is 1. The number of methoxy groups -OCH3 is 1. The number of carbonyl (C=O) groups excluding carboxylic acids is 2. The fourth-order valence-electron chi connectivity index (χ4n) is 0.920. The Labute approximate surface area is 78.6 Å². The summed E-state index contributed by atoms with van der Waals surface area (Å²) < 4.78 is 4.90. The van der Waals surface area contributed by atoms with Crippen molar-refractivity contribution in [3.05, 3.63) is 0 Å². The van der Waals surface area contributed by atoms with E-state index in [1.165, 1.54) is 6.92 Å². The van der Waals surface area contributed by atoms with E-state index >= 15 is 0 Å². The van der Waals surface area contributed by atoms with Crippen molar-refractivity contribution < 1.29 is 14.3 Å². The fraction of sp³-hybridized carbons (Fsp3) is 0.778. The average molecular weight is 187 g/mol. The van der Waals surface area contributed by atoms with Gasteiger partial charge in [0.05, 0.1) is 13.0 Å². The number of ketones is 1. The van der Waals surface area contributed by atoms with Crippen molar-refractivity contribution in [2.45, 2.75) is 20.3 Å². The second kappa shape index (κ2) is 6.60. The maximum absolute atomic E-state index is 11.0. The first-order valence-electron chi connectivity index (χ1n) is 4.31. The molecule has 0 aromatic rings. The molecule has 0 bridgehead atoms. The third-order valence-electron chi connectivity index (χ3n) is 1.51. The SMILES string of the molecule is COCC(C)CNC(=O)CC(C)=O. The van der Waals surface area contributed by atoms with Crippen LogP contribution in [0.2, 0.25) is 0 Å². The third-order valence-corrected chi connectivity index (χ3v) is 1.51. The van der Waals surface area contributed by atoms with Gasteiger partial charge in [-0.15, -0.1) is 0 Å². The number of amides is 1. The molecule has 0 aliphatic rings. The summed E-state index contributed by atoms with van der Waals surface area (Å²) in [5, 5.41) is 2.66.